The molecule has 2 aromatic heterocycles. The average molecular weight is 1220 g/mol. The molecule has 3 aliphatic rings. The van der Waals surface area contributed by atoms with Crippen LogP contribution in [0.1, 0.15) is 97.6 Å². The lowest BCUT2D eigenvalue weighted by Gasteiger charge is -2.34. The third kappa shape index (κ3) is 15.8. The molecule has 0 unspecified atom stereocenters. The number of thiophene rings is 1. The summed E-state index contributed by atoms with van der Waals surface area (Å²) in [5.41, 5.74) is 14.7. The Labute approximate surface area is 508 Å². The fourth-order valence-corrected chi connectivity index (χ4v) is 12.2. The van der Waals surface area contributed by atoms with Crippen LogP contribution in [-0.2, 0) is 35.3 Å². The Hall–Kier alpha value is -8.22. The second kappa shape index (κ2) is 29.2. The van der Waals surface area contributed by atoms with Crippen molar-refractivity contribution < 1.29 is 57.4 Å². The summed E-state index contributed by atoms with van der Waals surface area (Å²) in [6.07, 6.45) is 5.23. The molecule has 0 radical (unpaired) electrons. The number of aromatic nitrogens is 1. The first kappa shape index (κ1) is 63.8. The van der Waals surface area contributed by atoms with Crippen molar-refractivity contribution in [2.45, 2.75) is 96.7 Å². The van der Waals surface area contributed by atoms with E-state index in [0.717, 1.165) is 56.3 Å². The van der Waals surface area contributed by atoms with Crippen molar-refractivity contribution >= 4 is 109 Å². The molecule has 23 nitrogen and oxygen atoms in total. The first-order valence-corrected chi connectivity index (χ1v) is 30.4. The number of aryl methyl sites for hydroxylation is 1. The predicted molar refractivity (Wildman–Crippen MR) is 327 cm³/mol. The molecular weight excluding hydrogens is 1150 g/mol. The first-order chi connectivity index (χ1) is 41.2. The fraction of sp³-hybridized carbons (Fsp3) is 0.459. The third-order valence-electron chi connectivity index (χ3n) is 15.6. The molecule has 5 aromatic rings. The number of urea groups is 1. The minimum Gasteiger partial charge on any atom is -0.492 e. The molecule has 3 aliphatic heterocycles. The van der Waals surface area contributed by atoms with Crippen molar-refractivity contribution in [1.29, 1.82) is 0 Å². The Morgan fingerprint density at radius 3 is 2.24 bits per heavy atom. The number of halogens is 1. The van der Waals surface area contributed by atoms with Crippen molar-refractivity contribution in [1.82, 2.24) is 35.2 Å². The van der Waals surface area contributed by atoms with E-state index < -0.39 is 53.9 Å². The van der Waals surface area contributed by atoms with Crippen molar-refractivity contribution in [2.24, 2.45) is 17.4 Å². The number of carbonyl (C=O) groups excluding carboxylic acids is 9. The van der Waals surface area contributed by atoms with Gasteiger partial charge >= 0.3 is 18.2 Å². The number of carbonyl (C=O) groups is 9. The number of anilines is 2. The van der Waals surface area contributed by atoms with Gasteiger partial charge in [-0.1, -0.05) is 32.4 Å². The Balaban J connectivity index is 0.871. The lowest BCUT2D eigenvalue weighted by Crippen LogP contribution is -2.57. The maximum Gasteiger partial charge on any atom is 0.415 e. The molecule has 3 aromatic carbocycles. The summed E-state index contributed by atoms with van der Waals surface area (Å²) in [4.78, 5) is 131. The summed E-state index contributed by atoms with van der Waals surface area (Å²) in [7, 11) is 3.07. The van der Waals surface area contributed by atoms with Crippen LogP contribution in [0.3, 0.4) is 0 Å². The molecule has 86 heavy (non-hydrogen) atoms. The molecule has 1 fully saturated rings. The van der Waals surface area contributed by atoms with Crippen LogP contribution >= 0.6 is 22.9 Å². The van der Waals surface area contributed by atoms with Crippen LogP contribution in [0.2, 0.25) is 0 Å². The van der Waals surface area contributed by atoms with E-state index in [-0.39, 0.29) is 93.0 Å². The van der Waals surface area contributed by atoms with Crippen LogP contribution in [0.5, 0.6) is 11.5 Å². The number of amides is 10. The van der Waals surface area contributed by atoms with Crippen LogP contribution in [0.25, 0.3) is 21.0 Å². The molecule has 1 saturated heterocycles. The zero-order valence-corrected chi connectivity index (χ0v) is 50.8. The molecule has 25 heteroatoms. The van der Waals surface area contributed by atoms with Crippen molar-refractivity contribution in [3.63, 3.8) is 0 Å². The lowest BCUT2D eigenvalue weighted by atomic mass is 9.99. The molecule has 0 spiro atoms. The van der Waals surface area contributed by atoms with Gasteiger partial charge in [-0.15, -0.1) is 22.9 Å². The predicted octanol–water partition coefficient (Wildman–Crippen LogP) is 7.11. The Morgan fingerprint density at radius 1 is 0.860 bits per heavy atom. The van der Waals surface area contributed by atoms with Gasteiger partial charge in [-0.05, 0) is 112 Å². The summed E-state index contributed by atoms with van der Waals surface area (Å²) >= 11 is 8.14. The maximum absolute atomic E-state index is 14.6. The SMILES string of the molecule is Cc1cc2c(OC(=O)N(C)CCN(C)C(=O)OCc3ccc(N(C(=O)[C@@H](NC(=O)CCCCCN4C(=O)C=CC4=O)C(C)C)[C@@H](CCCNC(N)=O)C(N)=O)cc3)cc3c(c2s1)[C@H](CCl)CN3C(=O)c1cc2cc(OCCN3CCCC3)ccc2[nH]1. The number of primary amides is 2. The number of ether oxygens (including phenoxy) is 3. The average Bonchev–Trinajstić information content (AvgIpc) is 1.62. The van der Waals surface area contributed by atoms with Gasteiger partial charge in [-0.2, -0.15) is 0 Å². The standard InChI is InChI=1S/C61H76ClN11O12S/c1-37(2)54(67-50(74)13-7-6-8-25-71-51(75)20-21-52(71)76)58(79)73(47(56(63)77)12-11-22-65-59(64)80)42-16-14-39(15-17-42)36-84-60(81)68(4)26-27-69(5)61(82)85-49-33-48-53(55-44(49)30-38(3)86-55)41(34-62)35-72(48)57(78)46-32-40-31-43(18-19-45(40)66-46)83-29-28-70-23-9-10-24-70/h14-21,30-33,37,41,47,54,66H,6-13,22-29,34-36H2,1-5H3,(H2,63,77)(H,67,74)(H3,64,65,80)/t41-,47+,54+/m1/s1. The fourth-order valence-electron chi connectivity index (χ4n) is 10.8. The van der Waals surface area contributed by atoms with Crippen LogP contribution in [0.15, 0.2) is 72.8 Å². The number of nitrogens with zero attached hydrogens (tertiary/aromatic N) is 6. The van der Waals surface area contributed by atoms with Crippen LogP contribution in [0, 0.1) is 12.8 Å². The van der Waals surface area contributed by atoms with Crippen LogP contribution in [0.4, 0.5) is 25.8 Å². The van der Waals surface area contributed by atoms with Crippen LogP contribution < -0.4 is 41.4 Å². The van der Waals surface area contributed by atoms with E-state index in [1.165, 1.54) is 58.1 Å². The molecule has 3 atom stereocenters. The van der Waals surface area contributed by atoms with E-state index in [1.54, 1.807) is 56.1 Å². The van der Waals surface area contributed by atoms with Gasteiger partial charge in [0, 0.05) is 127 Å². The monoisotopic (exact) mass is 1220 g/mol. The highest BCUT2D eigenvalue weighted by Gasteiger charge is 2.38. The minimum atomic E-state index is -1.21. The van der Waals surface area contributed by atoms with E-state index >= 15 is 0 Å². The molecule has 0 bridgehead atoms. The number of benzene rings is 3. The van der Waals surface area contributed by atoms with Gasteiger partial charge < -0.3 is 56.0 Å². The zero-order chi connectivity index (χ0) is 61.8. The molecule has 460 valence electrons. The molecule has 7 N–H and O–H groups in total. The van der Waals surface area contributed by atoms with E-state index in [1.807, 2.05) is 37.3 Å². The van der Waals surface area contributed by atoms with Crippen LogP contribution in [-0.4, -0.2) is 169 Å². The largest absolute Gasteiger partial charge is 0.492 e. The Morgan fingerprint density at radius 2 is 1.57 bits per heavy atom. The number of nitrogens with two attached hydrogens (primary N) is 2. The smallest absolute Gasteiger partial charge is 0.415 e. The number of rotatable bonds is 28. The second-order valence-corrected chi connectivity index (χ2v) is 23.8. The van der Waals surface area contributed by atoms with E-state index in [2.05, 4.69) is 20.5 Å². The van der Waals surface area contributed by atoms with Gasteiger partial charge in [0.2, 0.25) is 11.8 Å². The van der Waals surface area contributed by atoms with Crippen molar-refractivity contribution in [3.8, 4) is 11.5 Å². The highest BCUT2D eigenvalue weighted by atomic mass is 35.5. The summed E-state index contributed by atoms with van der Waals surface area (Å²) in [5.74, 6) is -2.23. The highest BCUT2D eigenvalue weighted by Crippen LogP contribution is 2.49. The molecule has 0 saturated carbocycles. The third-order valence-corrected chi connectivity index (χ3v) is 17.0. The number of imide groups is 1. The number of unbranched alkanes of at least 4 members (excludes halogenated alkanes) is 2. The maximum atomic E-state index is 14.6. The normalized spacial score (nSPS) is 15.5. The summed E-state index contributed by atoms with van der Waals surface area (Å²) in [5, 5.41) is 6.84. The molecular formula is C61H76ClN11O12S. The highest BCUT2D eigenvalue weighted by molar-refractivity contribution is 7.19. The molecule has 0 aliphatic carbocycles. The van der Waals surface area contributed by atoms with Gasteiger partial charge in [-0.3, -0.25) is 43.5 Å². The topological polar surface area (TPSA) is 293 Å². The Kier molecular flexibility index (Phi) is 21.7. The summed E-state index contributed by atoms with van der Waals surface area (Å²) in [6, 6.07) is 14.5. The van der Waals surface area contributed by atoms with Crippen molar-refractivity contribution in [2.75, 3.05) is 88.7 Å². The van der Waals surface area contributed by atoms with Crippen molar-refractivity contribution in [3.05, 3.63) is 94.5 Å². The number of alkyl halides is 1. The molecule has 10 amide bonds. The van der Waals surface area contributed by atoms with Gasteiger partial charge in [0.15, 0.2) is 0 Å². The van der Waals surface area contributed by atoms with Gasteiger partial charge in [0.25, 0.3) is 23.6 Å². The first-order valence-electron chi connectivity index (χ1n) is 29.0. The number of fused-ring (bicyclic) bond motifs is 4. The van der Waals surface area contributed by atoms with E-state index in [4.69, 9.17) is 37.3 Å². The minimum absolute atomic E-state index is 0.0308. The number of H-pyrrole nitrogens is 1. The quantitative estimate of drug-likeness (QED) is 0.0190. The van der Waals surface area contributed by atoms with E-state index in [0.29, 0.717) is 54.7 Å². The van der Waals surface area contributed by atoms with Gasteiger partial charge in [0.05, 0.1) is 5.69 Å². The number of nitrogens with one attached hydrogen (secondary N) is 3. The number of hydrogen-bond donors (Lipinski definition) is 5. The van der Waals surface area contributed by atoms with E-state index in [9.17, 15) is 43.2 Å². The lowest BCUT2D eigenvalue weighted by molar-refractivity contribution is -0.137. The number of aromatic amines is 1. The van der Waals surface area contributed by atoms with Gasteiger partial charge in [-0.25, -0.2) is 14.4 Å². The Bertz CT molecular complexity index is 3340. The number of likely N-dealkylation sites (N-methyl/N-ethyl adjacent to an activating group) is 2. The zero-order valence-electron chi connectivity index (χ0n) is 49.2. The molecule has 5 heterocycles. The number of likely N-dealkylation sites (tertiary alicyclic amines) is 1. The summed E-state index contributed by atoms with van der Waals surface area (Å²) in [6.45, 7) is 9.66. The summed E-state index contributed by atoms with van der Waals surface area (Å²) < 4.78 is 18.7. The number of hydrogen-bond acceptors (Lipinski definition) is 14. The molecule has 8 rings (SSSR count). The van der Waals surface area contributed by atoms with Gasteiger partial charge in [0.1, 0.15) is 42.5 Å². The second-order valence-electron chi connectivity index (χ2n) is 22.3.